The van der Waals surface area contributed by atoms with E-state index in [4.69, 9.17) is 9.47 Å². The number of rotatable bonds is 7. The molecule has 6 heteroatoms. The maximum absolute atomic E-state index is 11.9. The largest absolute Gasteiger partial charge is 0.433 e. The third kappa shape index (κ3) is 5.54. The van der Waals surface area contributed by atoms with E-state index in [9.17, 15) is 20.1 Å². The summed E-state index contributed by atoms with van der Waals surface area (Å²) in [5, 5.41) is 28.6. The summed E-state index contributed by atoms with van der Waals surface area (Å²) < 4.78 is 10.1. The molecule has 21 heavy (non-hydrogen) atoms. The van der Waals surface area contributed by atoms with E-state index in [2.05, 4.69) is 13.8 Å². The van der Waals surface area contributed by atoms with Crippen molar-refractivity contribution < 1.29 is 29.6 Å². The number of carbonyl (C=O) groups is 1. The summed E-state index contributed by atoms with van der Waals surface area (Å²) in [4.78, 5) is 11.9. The molecule has 1 aliphatic heterocycles. The molecule has 0 aliphatic carbocycles. The molecule has 1 saturated heterocycles. The number of hydrogen-bond donors (Lipinski definition) is 3. The zero-order chi connectivity index (χ0) is 16.0. The van der Waals surface area contributed by atoms with Gasteiger partial charge in [-0.15, -0.1) is 0 Å². The Morgan fingerprint density at radius 2 is 1.90 bits per heavy atom. The summed E-state index contributed by atoms with van der Waals surface area (Å²) >= 11 is 0. The molecule has 0 bridgehead atoms. The van der Waals surface area contributed by atoms with Gasteiger partial charge in [0.1, 0.15) is 18.3 Å². The van der Waals surface area contributed by atoms with Gasteiger partial charge in [-0.3, -0.25) is 4.79 Å². The van der Waals surface area contributed by atoms with Crippen LogP contribution in [0.1, 0.15) is 46.5 Å². The van der Waals surface area contributed by atoms with Crippen LogP contribution in [-0.2, 0) is 14.3 Å². The molecule has 0 aromatic heterocycles. The fraction of sp³-hybridized carbons (Fsp3) is 0.933. The number of ether oxygens (including phenoxy) is 2. The van der Waals surface area contributed by atoms with Gasteiger partial charge in [0, 0.05) is 0 Å². The second kappa shape index (κ2) is 8.68. The maximum atomic E-state index is 11.9. The fourth-order valence-electron chi connectivity index (χ4n) is 2.21. The molecule has 0 aromatic carbocycles. The van der Waals surface area contributed by atoms with Gasteiger partial charge in [-0.1, -0.05) is 40.0 Å². The smallest absolute Gasteiger partial charge is 0.311 e. The minimum atomic E-state index is -1.43. The molecule has 1 fully saturated rings. The number of esters is 1. The lowest BCUT2D eigenvalue weighted by Gasteiger charge is -2.34. The molecule has 6 atom stereocenters. The minimum Gasteiger partial charge on any atom is -0.433 e. The lowest BCUT2D eigenvalue weighted by molar-refractivity contribution is -0.264. The number of aliphatic hydroxyl groups excluding tert-OH is 3. The van der Waals surface area contributed by atoms with Crippen molar-refractivity contribution in [1.29, 1.82) is 0 Å². The van der Waals surface area contributed by atoms with Crippen molar-refractivity contribution in [3.05, 3.63) is 0 Å². The first-order valence-corrected chi connectivity index (χ1v) is 7.73. The van der Waals surface area contributed by atoms with Crippen molar-refractivity contribution in [2.24, 2.45) is 11.8 Å². The molecule has 0 saturated carbocycles. The fourth-order valence-corrected chi connectivity index (χ4v) is 2.21. The second-order valence-electron chi connectivity index (χ2n) is 6.03. The van der Waals surface area contributed by atoms with Gasteiger partial charge in [0.05, 0.1) is 12.5 Å². The van der Waals surface area contributed by atoms with E-state index in [0.717, 1.165) is 25.7 Å². The molecule has 3 N–H and O–H groups in total. The van der Waals surface area contributed by atoms with Gasteiger partial charge in [-0.25, -0.2) is 0 Å². The Balaban J connectivity index is 2.35. The highest BCUT2D eigenvalue weighted by Gasteiger charge is 2.40. The van der Waals surface area contributed by atoms with Crippen LogP contribution in [0.25, 0.3) is 0 Å². The summed E-state index contributed by atoms with van der Waals surface area (Å²) in [5.74, 6) is -0.0889. The zero-order valence-corrected chi connectivity index (χ0v) is 13.1. The van der Waals surface area contributed by atoms with Crippen LogP contribution in [0.15, 0.2) is 0 Å². The Kier molecular flexibility index (Phi) is 7.59. The Bertz CT molecular complexity index is 321. The molecule has 0 radical (unpaired) electrons. The van der Waals surface area contributed by atoms with Crippen molar-refractivity contribution in [2.45, 2.75) is 71.1 Å². The first-order valence-electron chi connectivity index (χ1n) is 7.73. The highest BCUT2D eigenvalue weighted by atomic mass is 16.7. The summed E-state index contributed by atoms with van der Waals surface area (Å²) in [6, 6.07) is 0. The molecular formula is C15H28O6. The van der Waals surface area contributed by atoms with Crippen molar-refractivity contribution in [3.8, 4) is 0 Å². The van der Waals surface area contributed by atoms with Gasteiger partial charge in [-0.05, 0) is 12.3 Å². The van der Waals surface area contributed by atoms with Crippen molar-refractivity contribution in [1.82, 2.24) is 0 Å². The standard InChI is InChI=1S/C15H28O6/c1-4-9(2)6-5-7-10(3)14(19)21-15-13(18)12(17)11(16)8-20-15/h9-13,15-18H,4-8H2,1-3H3/t9-,10+,11+,12+,13-,15+/m0/s1. The van der Waals surface area contributed by atoms with E-state index < -0.39 is 30.6 Å². The highest BCUT2D eigenvalue weighted by molar-refractivity contribution is 5.72. The Labute approximate surface area is 126 Å². The van der Waals surface area contributed by atoms with E-state index in [1.807, 2.05) is 0 Å². The zero-order valence-electron chi connectivity index (χ0n) is 13.1. The van der Waals surface area contributed by atoms with Crippen LogP contribution in [-0.4, -0.2) is 52.5 Å². The average Bonchev–Trinajstić information content (AvgIpc) is 2.47. The Hall–Kier alpha value is -0.690. The maximum Gasteiger partial charge on any atom is 0.311 e. The number of carbonyl (C=O) groups excluding carboxylic acids is 1. The van der Waals surface area contributed by atoms with Crippen molar-refractivity contribution in [2.75, 3.05) is 6.61 Å². The van der Waals surface area contributed by atoms with Crippen LogP contribution < -0.4 is 0 Å². The number of aliphatic hydroxyl groups is 3. The van der Waals surface area contributed by atoms with Gasteiger partial charge in [-0.2, -0.15) is 0 Å². The van der Waals surface area contributed by atoms with Crippen LogP contribution in [0.2, 0.25) is 0 Å². The van der Waals surface area contributed by atoms with Gasteiger partial charge in [0.15, 0.2) is 0 Å². The molecule has 1 rings (SSSR count). The van der Waals surface area contributed by atoms with Crippen molar-refractivity contribution in [3.63, 3.8) is 0 Å². The third-order valence-electron chi connectivity index (χ3n) is 4.12. The van der Waals surface area contributed by atoms with Crippen LogP contribution in [0.5, 0.6) is 0 Å². The highest BCUT2D eigenvalue weighted by Crippen LogP contribution is 2.20. The summed E-state index contributed by atoms with van der Waals surface area (Å²) in [7, 11) is 0. The summed E-state index contributed by atoms with van der Waals surface area (Å²) in [6.45, 7) is 5.93. The van der Waals surface area contributed by atoms with Crippen LogP contribution in [0.4, 0.5) is 0 Å². The van der Waals surface area contributed by atoms with E-state index in [1.54, 1.807) is 6.92 Å². The topological polar surface area (TPSA) is 96.2 Å². The molecule has 0 aromatic rings. The second-order valence-corrected chi connectivity index (χ2v) is 6.03. The first kappa shape index (κ1) is 18.4. The molecule has 124 valence electrons. The lowest BCUT2D eigenvalue weighted by Crippen LogP contribution is -2.54. The quantitative estimate of drug-likeness (QED) is 0.603. The molecular weight excluding hydrogens is 276 g/mol. The molecule has 0 amide bonds. The van der Waals surface area contributed by atoms with Gasteiger partial charge in [0.2, 0.25) is 6.29 Å². The van der Waals surface area contributed by atoms with Crippen LogP contribution in [0, 0.1) is 11.8 Å². The number of hydrogen-bond acceptors (Lipinski definition) is 6. The average molecular weight is 304 g/mol. The lowest BCUT2D eigenvalue weighted by atomic mass is 9.97. The van der Waals surface area contributed by atoms with Crippen LogP contribution >= 0.6 is 0 Å². The monoisotopic (exact) mass is 304 g/mol. The van der Waals surface area contributed by atoms with E-state index >= 15 is 0 Å². The molecule has 0 spiro atoms. The molecule has 1 heterocycles. The minimum absolute atomic E-state index is 0.168. The Morgan fingerprint density at radius 1 is 1.24 bits per heavy atom. The summed E-state index contributed by atoms with van der Waals surface area (Å²) in [6.07, 6.45) is -1.31. The predicted molar refractivity (Wildman–Crippen MR) is 76.3 cm³/mol. The SMILES string of the molecule is CC[C@H](C)CCC[C@@H](C)C(=O)O[C@H]1OC[C@@H](O)[C@@H](O)[C@@H]1O. The molecule has 6 nitrogen and oxygen atoms in total. The molecule has 1 aliphatic rings. The first-order chi connectivity index (χ1) is 9.86. The van der Waals surface area contributed by atoms with E-state index in [0.29, 0.717) is 5.92 Å². The normalized spacial score (nSPS) is 32.5. The molecule has 0 unspecified atom stereocenters. The van der Waals surface area contributed by atoms with E-state index in [-0.39, 0.29) is 12.5 Å². The predicted octanol–water partition coefficient (Wildman–Crippen LogP) is 0.821. The summed E-state index contributed by atoms with van der Waals surface area (Å²) in [5.41, 5.74) is 0. The van der Waals surface area contributed by atoms with E-state index in [1.165, 1.54) is 0 Å². The van der Waals surface area contributed by atoms with Gasteiger partial charge in [0.25, 0.3) is 0 Å². The Morgan fingerprint density at radius 3 is 2.52 bits per heavy atom. The van der Waals surface area contributed by atoms with Crippen LogP contribution in [0.3, 0.4) is 0 Å². The van der Waals surface area contributed by atoms with Gasteiger partial charge < -0.3 is 24.8 Å². The van der Waals surface area contributed by atoms with Crippen molar-refractivity contribution >= 4 is 5.97 Å². The van der Waals surface area contributed by atoms with Gasteiger partial charge >= 0.3 is 5.97 Å². The third-order valence-corrected chi connectivity index (χ3v) is 4.12.